The number of rotatable bonds is 2. The highest BCUT2D eigenvalue weighted by Crippen LogP contribution is 2.32. The topological polar surface area (TPSA) is 16.8 Å². The Morgan fingerprint density at radius 2 is 1.71 bits per heavy atom. The Balaban J connectivity index is 1.94. The minimum atomic E-state index is 1.12. The summed E-state index contributed by atoms with van der Waals surface area (Å²) in [5, 5.41) is 2.55. The van der Waals surface area contributed by atoms with Gasteiger partial charge in [-0.05, 0) is 40.5 Å². The highest BCUT2D eigenvalue weighted by molar-refractivity contribution is 5.97. The smallest absolute Gasteiger partial charge is 0.231 e. The van der Waals surface area contributed by atoms with Crippen molar-refractivity contribution in [1.29, 1.82) is 0 Å². The Labute approximate surface area is 142 Å². The van der Waals surface area contributed by atoms with Crippen LogP contribution in [0, 0.1) is 6.92 Å². The van der Waals surface area contributed by atoms with Crippen LogP contribution in [-0.4, -0.2) is 4.98 Å². The maximum Gasteiger partial charge on any atom is 0.231 e. The molecule has 1 heterocycles. The molecule has 0 atom stereocenters. The lowest BCUT2D eigenvalue weighted by molar-refractivity contribution is -0.660. The molecule has 0 radical (unpaired) electrons. The number of nitrogens with zero attached hydrogens (tertiary/aromatic N) is 2. The van der Waals surface area contributed by atoms with Gasteiger partial charge in [0.05, 0.1) is 18.0 Å². The van der Waals surface area contributed by atoms with E-state index in [-0.39, 0.29) is 0 Å². The first kappa shape index (κ1) is 14.6. The van der Waals surface area contributed by atoms with Gasteiger partial charge in [0.1, 0.15) is 7.05 Å². The van der Waals surface area contributed by atoms with E-state index in [1.165, 1.54) is 33.0 Å². The molecule has 0 aliphatic rings. The molecule has 3 aromatic carbocycles. The molecule has 0 aliphatic carbocycles. The molecule has 0 saturated heterocycles. The van der Waals surface area contributed by atoms with E-state index < -0.39 is 0 Å². The fourth-order valence-electron chi connectivity index (χ4n) is 3.23. The quantitative estimate of drug-likeness (QED) is 0.490. The minimum absolute atomic E-state index is 1.12. The van der Waals surface area contributed by atoms with Crippen LogP contribution < -0.4 is 4.57 Å². The van der Waals surface area contributed by atoms with Crippen LogP contribution in [0.5, 0.6) is 0 Å². The molecule has 2 heteroatoms. The number of hydrogen-bond donors (Lipinski definition) is 0. The summed E-state index contributed by atoms with van der Waals surface area (Å²) in [4.78, 5) is 4.29. The lowest BCUT2D eigenvalue weighted by atomic mass is 9.94. The maximum atomic E-state index is 4.29. The second kappa shape index (κ2) is 5.89. The van der Waals surface area contributed by atoms with Crippen LogP contribution in [0.25, 0.3) is 33.2 Å². The normalized spacial score (nSPS) is 10.9. The van der Waals surface area contributed by atoms with Crippen LogP contribution in [0.1, 0.15) is 5.56 Å². The average molecular weight is 311 g/mol. The zero-order valence-electron chi connectivity index (χ0n) is 13.9. The van der Waals surface area contributed by atoms with E-state index in [2.05, 4.69) is 84.2 Å². The summed E-state index contributed by atoms with van der Waals surface area (Å²) in [6.45, 7) is 2.15. The molecule has 0 bridgehead atoms. The number of fused-ring (bicyclic) bond motifs is 1. The van der Waals surface area contributed by atoms with E-state index in [0.29, 0.717) is 0 Å². The first-order valence-corrected chi connectivity index (χ1v) is 8.13. The van der Waals surface area contributed by atoms with E-state index in [0.717, 1.165) is 5.69 Å². The fourth-order valence-corrected chi connectivity index (χ4v) is 3.23. The molecule has 0 spiro atoms. The van der Waals surface area contributed by atoms with Gasteiger partial charge in [-0.15, -0.1) is 0 Å². The average Bonchev–Trinajstić information content (AvgIpc) is 2.62. The van der Waals surface area contributed by atoms with E-state index in [9.17, 15) is 0 Å². The van der Waals surface area contributed by atoms with Gasteiger partial charge in [-0.3, -0.25) is 4.98 Å². The minimum Gasteiger partial charge on any atom is -0.252 e. The number of aromatic nitrogens is 2. The first-order valence-electron chi connectivity index (χ1n) is 8.13. The van der Waals surface area contributed by atoms with Crippen molar-refractivity contribution in [2.24, 2.45) is 7.05 Å². The van der Waals surface area contributed by atoms with Crippen LogP contribution in [0.2, 0.25) is 0 Å². The lowest BCUT2D eigenvalue weighted by Crippen LogP contribution is -2.30. The fraction of sp³-hybridized carbons (Fsp3) is 0.0909. The Morgan fingerprint density at radius 1 is 0.875 bits per heavy atom. The molecule has 116 valence electrons. The molecule has 0 unspecified atom stereocenters. The number of benzene rings is 3. The van der Waals surface area contributed by atoms with Gasteiger partial charge >= 0.3 is 0 Å². The third-order valence-corrected chi connectivity index (χ3v) is 4.57. The van der Waals surface area contributed by atoms with Crippen LogP contribution in [-0.2, 0) is 7.05 Å². The molecular formula is C22H19N2+. The second-order valence-corrected chi connectivity index (χ2v) is 6.13. The van der Waals surface area contributed by atoms with Crippen molar-refractivity contribution < 1.29 is 4.57 Å². The molecule has 1 aromatic heterocycles. The van der Waals surface area contributed by atoms with Crippen molar-refractivity contribution in [3.63, 3.8) is 0 Å². The Hall–Kier alpha value is -3.00. The SMILES string of the molecule is Cc1ccc(-c2cccc3ccccc23)cc1-c1cncc[n+]1C. The molecule has 0 N–H and O–H groups in total. The van der Waals surface area contributed by atoms with Crippen molar-refractivity contribution in [3.8, 4) is 22.4 Å². The van der Waals surface area contributed by atoms with Gasteiger partial charge in [-0.25, -0.2) is 0 Å². The summed E-state index contributed by atoms with van der Waals surface area (Å²) in [5.41, 5.74) is 6.09. The summed E-state index contributed by atoms with van der Waals surface area (Å²) in [7, 11) is 2.06. The Morgan fingerprint density at radius 3 is 2.58 bits per heavy atom. The van der Waals surface area contributed by atoms with Crippen molar-refractivity contribution in [1.82, 2.24) is 4.98 Å². The highest BCUT2D eigenvalue weighted by Gasteiger charge is 2.14. The standard InChI is InChI=1S/C22H19N2/c1-16-10-11-18(14-21(16)22-15-23-12-13-24(22)2)20-9-5-7-17-6-3-4-8-19(17)20/h3-15H,1-2H3/q+1. The molecule has 2 nitrogen and oxygen atoms in total. The summed E-state index contributed by atoms with van der Waals surface area (Å²) in [5.74, 6) is 0. The number of aryl methyl sites for hydroxylation is 2. The van der Waals surface area contributed by atoms with E-state index >= 15 is 0 Å². The summed E-state index contributed by atoms with van der Waals surface area (Å²) in [6.07, 6.45) is 5.72. The van der Waals surface area contributed by atoms with Gasteiger partial charge in [0.2, 0.25) is 5.69 Å². The maximum absolute atomic E-state index is 4.29. The van der Waals surface area contributed by atoms with Gasteiger partial charge < -0.3 is 0 Å². The van der Waals surface area contributed by atoms with E-state index in [4.69, 9.17) is 0 Å². The zero-order chi connectivity index (χ0) is 16.5. The molecule has 4 aromatic rings. The second-order valence-electron chi connectivity index (χ2n) is 6.13. The van der Waals surface area contributed by atoms with Gasteiger partial charge in [0.25, 0.3) is 0 Å². The molecular weight excluding hydrogens is 292 g/mol. The summed E-state index contributed by atoms with van der Waals surface area (Å²) < 4.78 is 2.11. The molecule has 0 aliphatic heterocycles. The van der Waals surface area contributed by atoms with Gasteiger partial charge in [-0.2, -0.15) is 4.57 Å². The highest BCUT2D eigenvalue weighted by atomic mass is 14.9. The van der Waals surface area contributed by atoms with E-state index in [1.54, 1.807) is 0 Å². The Kier molecular flexibility index (Phi) is 3.58. The summed E-state index contributed by atoms with van der Waals surface area (Å²) in [6, 6.07) is 21.7. The van der Waals surface area contributed by atoms with Crippen molar-refractivity contribution in [2.45, 2.75) is 6.92 Å². The van der Waals surface area contributed by atoms with Gasteiger partial charge in [-0.1, -0.05) is 54.6 Å². The zero-order valence-corrected chi connectivity index (χ0v) is 13.9. The molecule has 0 saturated carbocycles. The largest absolute Gasteiger partial charge is 0.252 e. The third kappa shape index (κ3) is 2.46. The monoisotopic (exact) mass is 311 g/mol. The van der Waals surface area contributed by atoms with Crippen LogP contribution in [0.4, 0.5) is 0 Å². The lowest BCUT2D eigenvalue weighted by Gasteiger charge is -2.10. The van der Waals surface area contributed by atoms with Crippen molar-refractivity contribution in [2.75, 3.05) is 0 Å². The van der Waals surface area contributed by atoms with Gasteiger partial charge in [0, 0.05) is 0 Å². The number of hydrogen-bond acceptors (Lipinski definition) is 1. The predicted molar refractivity (Wildman–Crippen MR) is 98.5 cm³/mol. The third-order valence-electron chi connectivity index (χ3n) is 4.57. The molecule has 0 fully saturated rings. The molecule has 24 heavy (non-hydrogen) atoms. The van der Waals surface area contributed by atoms with Crippen LogP contribution in [0.3, 0.4) is 0 Å². The molecule has 4 rings (SSSR count). The van der Waals surface area contributed by atoms with Crippen LogP contribution in [0.15, 0.2) is 79.3 Å². The van der Waals surface area contributed by atoms with Crippen molar-refractivity contribution >= 4 is 10.8 Å². The van der Waals surface area contributed by atoms with E-state index in [1.807, 2.05) is 18.6 Å². The molecule has 0 amide bonds. The first-order chi connectivity index (χ1) is 11.7. The predicted octanol–water partition coefficient (Wildman–Crippen LogP) is 4.70. The summed E-state index contributed by atoms with van der Waals surface area (Å²) >= 11 is 0. The van der Waals surface area contributed by atoms with Gasteiger partial charge in [0.15, 0.2) is 6.20 Å². The van der Waals surface area contributed by atoms with Crippen LogP contribution >= 0.6 is 0 Å². The van der Waals surface area contributed by atoms with Crippen molar-refractivity contribution in [3.05, 3.63) is 84.8 Å². The Bertz CT molecular complexity index is 1030.